The van der Waals surface area contributed by atoms with Gasteiger partial charge in [-0.1, -0.05) is 39.7 Å². The number of halogens is 2. The van der Waals surface area contributed by atoms with E-state index in [-0.39, 0.29) is 18.0 Å². The summed E-state index contributed by atoms with van der Waals surface area (Å²) in [6.07, 6.45) is 0. The molecule has 1 N–H and O–H groups in total. The van der Waals surface area contributed by atoms with Crippen molar-refractivity contribution in [3.63, 3.8) is 0 Å². The largest absolute Gasteiger partial charge is 0.486 e. The second-order valence-corrected chi connectivity index (χ2v) is 10.6. The van der Waals surface area contributed by atoms with E-state index in [0.29, 0.717) is 41.0 Å². The van der Waals surface area contributed by atoms with Gasteiger partial charge in [-0.25, -0.2) is 8.42 Å². The van der Waals surface area contributed by atoms with Crippen LogP contribution in [0, 0.1) is 0 Å². The molecular formula is C23H20BrClN2O5S. The summed E-state index contributed by atoms with van der Waals surface area (Å²) in [5, 5.41) is 3.28. The molecule has 1 amide bonds. The van der Waals surface area contributed by atoms with Gasteiger partial charge in [0.2, 0.25) is 15.9 Å². The summed E-state index contributed by atoms with van der Waals surface area (Å²) in [6, 6.07) is 18.1. The first-order chi connectivity index (χ1) is 15.8. The number of nitrogens with zero attached hydrogens (tertiary/aromatic N) is 1. The highest BCUT2D eigenvalue weighted by Gasteiger charge is 2.27. The minimum atomic E-state index is -3.95. The van der Waals surface area contributed by atoms with Gasteiger partial charge in [-0.3, -0.25) is 4.79 Å². The van der Waals surface area contributed by atoms with Crippen LogP contribution in [0.3, 0.4) is 0 Å². The van der Waals surface area contributed by atoms with Gasteiger partial charge in [0.25, 0.3) is 0 Å². The zero-order valence-corrected chi connectivity index (χ0v) is 20.5. The molecule has 33 heavy (non-hydrogen) atoms. The topological polar surface area (TPSA) is 84.9 Å². The molecule has 0 aromatic heterocycles. The Morgan fingerprint density at radius 3 is 2.33 bits per heavy atom. The lowest BCUT2D eigenvalue weighted by Crippen LogP contribution is -2.37. The van der Waals surface area contributed by atoms with Crippen LogP contribution in [-0.2, 0) is 21.4 Å². The van der Waals surface area contributed by atoms with Gasteiger partial charge in [-0.2, -0.15) is 4.31 Å². The molecule has 1 aliphatic rings. The monoisotopic (exact) mass is 550 g/mol. The lowest BCUT2D eigenvalue weighted by Gasteiger charge is -2.23. The number of rotatable bonds is 7. The van der Waals surface area contributed by atoms with Crippen molar-refractivity contribution in [2.24, 2.45) is 0 Å². The molecule has 4 rings (SSSR count). The van der Waals surface area contributed by atoms with E-state index in [2.05, 4.69) is 21.2 Å². The molecule has 3 aromatic rings. The molecular weight excluding hydrogens is 532 g/mol. The van der Waals surface area contributed by atoms with Crippen LogP contribution in [-0.4, -0.2) is 38.4 Å². The number of hydrogen-bond acceptors (Lipinski definition) is 5. The van der Waals surface area contributed by atoms with Gasteiger partial charge in [0, 0.05) is 27.8 Å². The molecule has 1 aliphatic heterocycles. The Kier molecular flexibility index (Phi) is 7.23. The molecule has 172 valence electrons. The Balaban J connectivity index is 1.56. The SMILES string of the molecule is O=C(CN(Cc1ccc(Cl)cc1)S(=O)(=O)c1ccc(Br)cc1)Nc1ccc2c(c1)OCCO2. The Morgan fingerprint density at radius 2 is 1.64 bits per heavy atom. The van der Waals surface area contributed by atoms with Crippen molar-refractivity contribution in [1.29, 1.82) is 0 Å². The molecule has 0 atom stereocenters. The number of benzene rings is 3. The predicted octanol–water partition coefficient (Wildman–Crippen LogP) is 4.70. The molecule has 0 fully saturated rings. The third-order valence-electron chi connectivity index (χ3n) is 4.87. The minimum Gasteiger partial charge on any atom is -0.486 e. The van der Waals surface area contributed by atoms with E-state index < -0.39 is 15.9 Å². The Hall–Kier alpha value is -2.59. The molecule has 0 saturated heterocycles. The summed E-state index contributed by atoms with van der Waals surface area (Å²) < 4.78 is 39.6. The average molecular weight is 552 g/mol. The summed E-state index contributed by atoms with van der Waals surface area (Å²) >= 11 is 9.26. The van der Waals surface area contributed by atoms with Crippen LogP contribution < -0.4 is 14.8 Å². The molecule has 0 aliphatic carbocycles. The van der Waals surface area contributed by atoms with Crippen molar-refractivity contribution in [2.45, 2.75) is 11.4 Å². The van der Waals surface area contributed by atoms with E-state index in [0.717, 1.165) is 8.78 Å². The van der Waals surface area contributed by atoms with Gasteiger partial charge >= 0.3 is 0 Å². The molecule has 0 saturated carbocycles. The quantitative estimate of drug-likeness (QED) is 0.460. The highest BCUT2D eigenvalue weighted by molar-refractivity contribution is 9.10. The van der Waals surface area contributed by atoms with E-state index >= 15 is 0 Å². The fourth-order valence-electron chi connectivity index (χ4n) is 3.26. The van der Waals surface area contributed by atoms with Crippen LogP contribution in [0.5, 0.6) is 11.5 Å². The first-order valence-corrected chi connectivity index (χ1v) is 12.6. The maximum absolute atomic E-state index is 13.4. The molecule has 7 nitrogen and oxygen atoms in total. The maximum atomic E-state index is 13.4. The van der Waals surface area contributed by atoms with E-state index in [4.69, 9.17) is 21.1 Å². The molecule has 0 unspecified atom stereocenters. The van der Waals surface area contributed by atoms with Gasteiger partial charge in [0.15, 0.2) is 11.5 Å². The van der Waals surface area contributed by atoms with Crippen LogP contribution in [0.4, 0.5) is 5.69 Å². The van der Waals surface area contributed by atoms with E-state index in [1.165, 1.54) is 12.1 Å². The van der Waals surface area contributed by atoms with Crippen LogP contribution >= 0.6 is 27.5 Å². The molecule has 3 aromatic carbocycles. The Morgan fingerprint density at radius 1 is 0.970 bits per heavy atom. The molecule has 0 bridgehead atoms. The number of fused-ring (bicyclic) bond motifs is 1. The van der Waals surface area contributed by atoms with E-state index in [1.54, 1.807) is 54.6 Å². The van der Waals surface area contributed by atoms with Gasteiger partial charge < -0.3 is 14.8 Å². The lowest BCUT2D eigenvalue weighted by molar-refractivity contribution is -0.116. The van der Waals surface area contributed by atoms with E-state index in [9.17, 15) is 13.2 Å². The Labute approximate surface area is 205 Å². The summed E-state index contributed by atoms with van der Waals surface area (Å²) in [5.74, 6) is 0.641. The van der Waals surface area contributed by atoms with Gasteiger partial charge in [0.05, 0.1) is 11.4 Å². The van der Waals surface area contributed by atoms with Crippen molar-refractivity contribution in [3.8, 4) is 11.5 Å². The van der Waals surface area contributed by atoms with Gasteiger partial charge in [-0.15, -0.1) is 0 Å². The number of carbonyl (C=O) groups excluding carboxylic acids is 1. The average Bonchev–Trinajstić information content (AvgIpc) is 2.80. The number of carbonyl (C=O) groups is 1. The fourth-order valence-corrected chi connectivity index (χ4v) is 5.03. The van der Waals surface area contributed by atoms with Crippen molar-refractivity contribution in [3.05, 3.63) is 81.8 Å². The highest BCUT2D eigenvalue weighted by atomic mass is 79.9. The lowest BCUT2D eigenvalue weighted by atomic mass is 10.2. The summed E-state index contributed by atoms with van der Waals surface area (Å²) in [6.45, 7) is 0.510. The minimum absolute atomic E-state index is 0.00409. The van der Waals surface area contributed by atoms with Crippen LogP contribution in [0.1, 0.15) is 5.56 Å². The number of amides is 1. The highest BCUT2D eigenvalue weighted by Crippen LogP contribution is 2.32. The van der Waals surface area contributed by atoms with Gasteiger partial charge in [-0.05, 0) is 54.1 Å². The zero-order chi connectivity index (χ0) is 23.4. The fraction of sp³-hybridized carbons (Fsp3) is 0.174. The van der Waals surface area contributed by atoms with Crippen LogP contribution in [0.25, 0.3) is 0 Å². The van der Waals surface area contributed by atoms with Gasteiger partial charge in [0.1, 0.15) is 13.2 Å². The first kappa shape index (κ1) is 23.6. The number of ether oxygens (including phenoxy) is 2. The molecule has 10 heteroatoms. The van der Waals surface area contributed by atoms with Crippen molar-refractivity contribution in [1.82, 2.24) is 4.31 Å². The normalized spacial score (nSPS) is 13.1. The third kappa shape index (κ3) is 5.86. The summed E-state index contributed by atoms with van der Waals surface area (Å²) in [4.78, 5) is 12.9. The number of anilines is 1. The Bertz CT molecular complexity index is 1250. The summed E-state index contributed by atoms with van der Waals surface area (Å²) in [5.41, 5.74) is 1.18. The molecule has 0 radical (unpaired) electrons. The first-order valence-electron chi connectivity index (χ1n) is 10.0. The number of nitrogens with one attached hydrogen (secondary N) is 1. The standard InChI is InChI=1S/C23H20BrClN2O5S/c24-17-3-8-20(9-4-17)33(29,30)27(14-16-1-5-18(25)6-2-16)15-23(28)26-19-7-10-21-22(13-19)32-12-11-31-21/h1-10,13H,11-12,14-15H2,(H,26,28). The van der Waals surface area contributed by atoms with Crippen LogP contribution in [0.15, 0.2) is 76.1 Å². The van der Waals surface area contributed by atoms with Crippen molar-refractivity contribution < 1.29 is 22.7 Å². The zero-order valence-electron chi connectivity index (χ0n) is 17.3. The second-order valence-electron chi connectivity index (χ2n) is 7.26. The number of hydrogen-bond donors (Lipinski definition) is 1. The smallest absolute Gasteiger partial charge is 0.243 e. The molecule has 1 heterocycles. The van der Waals surface area contributed by atoms with Crippen molar-refractivity contribution >= 4 is 49.1 Å². The maximum Gasteiger partial charge on any atom is 0.243 e. The number of sulfonamides is 1. The van der Waals surface area contributed by atoms with Crippen LogP contribution in [0.2, 0.25) is 5.02 Å². The second kappa shape index (κ2) is 10.1. The van der Waals surface area contributed by atoms with Crippen molar-refractivity contribution in [2.75, 3.05) is 25.1 Å². The third-order valence-corrected chi connectivity index (χ3v) is 7.46. The predicted molar refractivity (Wildman–Crippen MR) is 129 cm³/mol. The molecule has 0 spiro atoms. The summed E-state index contributed by atoms with van der Waals surface area (Å²) in [7, 11) is -3.95. The van der Waals surface area contributed by atoms with E-state index in [1.807, 2.05) is 0 Å².